The molecule has 0 aliphatic heterocycles. The normalized spacial score (nSPS) is 11.5. The van der Waals surface area contributed by atoms with Crippen molar-refractivity contribution in [3.8, 4) is 0 Å². The van der Waals surface area contributed by atoms with Crippen LogP contribution in [0.25, 0.3) is 0 Å². The first kappa shape index (κ1) is 23.0. The Morgan fingerprint density at radius 1 is 1.11 bits per heavy atom. The highest BCUT2D eigenvalue weighted by atomic mass is 16.5. The Balaban J connectivity index is 2.41. The summed E-state index contributed by atoms with van der Waals surface area (Å²) in [6, 6.07) is 7.82. The molecule has 27 heavy (non-hydrogen) atoms. The van der Waals surface area contributed by atoms with E-state index in [1.165, 1.54) is 0 Å². The molecule has 1 aromatic rings. The van der Waals surface area contributed by atoms with E-state index in [1.54, 1.807) is 0 Å². The lowest BCUT2D eigenvalue weighted by Gasteiger charge is -2.12. The van der Waals surface area contributed by atoms with Gasteiger partial charge in [0, 0.05) is 31.8 Å². The van der Waals surface area contributed by atoms with Crippen molar-refractivity contribution >= 4 is 17.6 Å². The Kier molecular flexibility index (Phi) is 11.9. The minimum Gasteiger partial charge on any atom is -0.380 e. The van der Waals surface area contributed by atoms with Crippen molar-refractivity contribution in [2.75, 3.05) is 31.6 Å². The van der Waals surface area contributed by atoms with Crippen LogP contribution in [0.1, 0.15) is 52.5 Å². The number of nitrogens with zero attached hydrogens (tertiary/aromatic N) is 1. The molecule has 0 saturated heterocycles. The zero-order valence-corrected chi connectivity index (χ0v) is 17.3. The first-order valence-electron chi connectivity index (χ1n) is 10.0. The fourth-order valence-corrected chi connectivity index (χ4v) is 2.32. The molecule has 152 valence electrons. The van der Waals surface area contributed by atoms with E-state index in [0.717, 1.165) is 49.7 Å². The minimum absolute atomic E-state index is 0.0533. The smallest absolute Gasteiger partial charge is 0.224 e. The Morgan fingerprint density at radius 2 is 1.85 bits per heavy atom. The predicted molar refractivity (Wildman–Crippen MR) is 113 cm³/mol. The third-order valence-electron chi connectivity index (χ3n) is 3.86. The Bertz CT molecular complexity index is 556. The molecule has 6 nitrogen and oxygen atoms in total. The molecule has 3 N–H and O–H groups in total. The Hall–Kier alpha value is -2.08. The summed E-state index contributed by atoms with van der Waals surface area (Å²) in [7, 11) is 0. The van der Waals surface area contributed by atoms with Gasteiger partial charge in [-0.2, -0.15) is 0 Å². The van der Waals surface area contributed by atoms with Crippen molar-refractivity contribution < 1.29 is 9.53 Å². The number of aliphatic imine (C=N–C) groups is 1. The second-order valence-electron chi connectivity index (χ2n) is 6.91. The van der Waals surface area contributed by atoms with Crippen LogP contribution in [0.2, 0.25) is 0 Å². The molecule has 0 unspecified atom stereocenters. The van der Waals surface area contributed by atoms with Crippen LogP contribution in [0.15, 0.2) is 29.3 Å². The van der Waals surface area contributed by atoms with Crippen LogP contribution < -0.4 is 16.0 Å². The molecule has 1 aromatic carbocycles. The number of amides is 1. The van der Waals surface area contributed by atoms with Gasteiger partial charge < -0.3 is 20.7 Å². The van der Waals surface area contributed by atoms with Crippen LogP contribution in [0.5, 0.6) is 0 Å². The van der Waals surface area contributed by atoms with Gasteiger partial charge in [-0.25, -0.2) is 4.99 Å². The molecule has 0 aliphatic rings. The van der Waals surface area contributed by atoms with Gasteiger partial charge in [-0.05, 0) is 43.4 Å². The van der Waals surface area contributed by atoms with E-state index < -0.39 is 0 Å². The van der Waals surface area contributed by atoms with E-state index in [2.05, 4.69) is 34.8 Å². The van der Waals surface area contributed by atoms with Crippen molar-refractivity contribution in [2.24, 2.45) is 10.9 Å². The highest BCUT2D eigenvalue weighted by Gasteiger charge is 2.02. The van der Waals surface area contributed by atoms with Crippen molar-refractivity contribution in [1.29, 1.82) is 0 Å². The molecule has 6 heteroatoms. The molecule has 1 rings (SSSR count). The molecule has 0 fully saturated rings. The first-order chi connectivity index (χ1) is 13.0. The summed E-state index contributed by atoms with van der Waals surface area (Å²) in [4.78, 5) is 16.2. The largest absolute Gasteiger partial charge is 0.380 e. The fourth-order valence-electron chi connectivity index (χ4n) is 2.32. The number of carbonyl (C=O) groups is 1. The third kappa shape index (κ3) is 11.3. The van der Waals surface area contributed by atoms with Crippen molar-refractivity contribution in [1.82, 2.24) is 10.6 Å². The molecule has 0 heterocycles. The third-order valence-corrected chi connectivity index (χ3v) is 3.86. The van der Waals surface area contributed by atoms with Gasteiger partial charge in [0.05, 0.1) is 13.2 Å². The van der Waals surface area contributed by atoms with Crippen LogP contribution in [0.4, 0.5) is 5.69 Å². The summed E-state index contributed by atoms with van der Waals surface area (Å²) in [5.41, 5.74) is 1.92. The summed E-state index contributed by atoms with van der Waals surface area (Å²) >= 11 is 0. The van der Waals surface area contributed by atoms with E-state index >= 15 is 0 Å². The van der Waals surface area contributed by atoms with E-state index in [1.807, 2.05) is 38.1 Å². The average molecular weight is 377 g/mol. The number of hydrogen-bond acceptors (Lipinski definition) is 3. The maximum Gasteiger partial charge on any atom is 0.224 e. The van der Waals surface area contributed by atoms with Crippen molar-refractivity contribution in [2.45, 2.75) is 53.5 Å². The standard InChI is InChI=1S/C21H36N4O2/c1-5-7-20(26)25-19-10-8-18(9-11-19)16-24-21(22-6-2)23-13-15-27-14-12-17(3)4/h8-11,17H,5-7,12-16H2,1-4H3,(H,25,26)(H2,22,23,24). The predicted octanol–water partition coefficient (Wildman–Crippen LogP) is 3.54. The van der Waals surface area contributed by atoms with Gasteiger partial charge in [0.15, 0.2) is 5.96 Å². The fraction of sp³-hybridized carbons (Fsp3) is 0.619. The number of hydrogen-bond donors (Lipinski definition) is 3. The monoisotopic (exact) mass is 376 g/mol. The molecule has 0 saturated carbocycles. The Labute approximate surface area is 164 Å². The summed E-state index contributed by atoms with van der Waals surface area (Å²) < 4.78 is 5.62. The molecule has 1 amide bonds. The number of guanidine groups is 1. The number of benzene rings is 1. The molecule has 0 spiro atoms. The number of nitrogens with one attached hydrogen (secondary N) is 3. The van der Waals surface area contributed by atoms with Crippen LogP contribution in [-0.4, -0.2) is 38.2 Å². The van der Waals surface area contributed by atoms with Crippen LogP contribution >= 0.6 is 0 Å². The van der Waals surface area contributed by atoms with Crippen molar-refractivity contribution in [3.05, 3.63) is 29.8 Å². The molecule has 0 atom stereocenters. The highest BCUT2D eigenvalue weighted by Crippen LogP contribution is 2.11. The van der Waals surface area contributed by atoms with Gasteiger partial charge in [-0.3, -0.25) is 4.79 Å². The molecule has 0 aliphatic carbocycles. The van der Waals surface area contributed by atoms with Crippen LogP contribution in [-0.2, 0) is 16.1 Å². The second kappa shape index (κ2) is 14.0. The van der Waals surface area contributed by atoms with Crippen LogP contribution in [0.3, 0.4) is 0 Å². The lowest BCUT2D eigenvalue weighted by atomic mass is 10.1. The van der Waals surface area contributed by atoms with Crippen molar-refractivity contribution in [3.63, 3.8) is 0 Å². The van der Waals surface area contributed by atoms with Gasteiger partial charge in [0.25, 0.3) is 0 Å². The van der Waals surface area contributed by atoms with Gasteiger partial charge >= 0.3 is 0 Å². The molecular formula is C21H36N4O2. The lowest BCUT2D eigenvalue weighted by Crippen LogP contribution is -2.39. The number of rotatable bonds is 12. The number of carbonyl (C=O) groups excluding carboxylic acids is 1. The molecule has 0 bridgehead atoms. The van der Waals surface area contributed by atoms with Gasteiger partial charge in [-0.15, -0.1) is 0 Å². The molecular weight excluding hydrogens is 340 g/mol. The number of anilines is 1. The maximum atomic E-state index is 11.6. The summed E-state index contributed by atoms with van der Waals surface area (Å²) in [6.45, 7) is 12.0. The zero-order chi connectivity index (χ0) is 19.9. The van der Waals surface area contributed by atoms with Gasteiger partial charge in [-0.1, -0.05) is 32.9 Å². The lowest BCUT2D eigenvalue weighted by molar-refractivity contribution is -0.116. The van der Waals surface area contributed by atoms with Gasteiger partial charge in [0.2, 0.25) is 5.91 Å². The van der Waals surface area contributed by atoms with Crippen LogP contribution in [0, 0.1) is 5.92 Å². The van der Waals surface area contributed by atoms with E-state index in [4.69, 9.17) is 4.74 Å². The Morgan fingerprint density at radius 3 is 2.48 bits per heavy atom. The topological polar surface area (TPSA) is 74.8 Å². The zero-order valence-electron chi connectivity index (χ0n) is 17.3. The van der Waals surface area contributed by atoms with E-state index in [9.17, 15) is 4.79 Å². The summed E-state index contributed by atoms with van der Waals surface area (Å²) in [5.74, 6) is 1.51. The average Bonchev–Trinajstić information content (AvgIpc) is 2.63. The van der Waals surface area contributed by atoms with E-state index in [-0.39, 0.29) is 5.91 Å². The highest BCUT2D eigenvalue weighted by molar-refractivity contribution is 5.90. The summed E-state index contributed by atoms with van der Waals surface area (Å²) in [5, 5.41) is 9.42. The molecule has 0 radical (unpaired) electrons. The summed E-state index contributed by atoms with van der Waals surface area (Å²) in [6.07, 6.45) is 2.48. The quantitative estimate of drug-likeness (QED) is 0.296. The van der Waals surface area contributed by atoms with E-state index in [0.29, 0.717) is 25.5 Å². The number of ether oxygens (including phenoxy) is 1. The molecule has 0 aromatic heterocycles. The maximum absolute atomic E-state index is 11.6. The minimum atomic E-state index is 0.0533. The van der Waals surface area contributed by atoms with Gasteiger partial charge in [0.1, 0.15) is 0 Å². The second-order valence-corrected chi connectivity index (χ2v) is 6.91. The SMILES string of the molecule is CCCC(=O)Nc1ccc(CN=C(NCC)NCCOCCC(C)C)cc1. The first-order valence-corrected chi connectivity index (χ1v) is 10.0.